The lowest BCUT2D eigenvalue weighted by Gasteiger charge is -2.56. The van der Waals surface area contributed by atoms with Gasteiger partial charge in [-0.25, -0.2) is 9.97 Å². The fourth-order valence-corrected chi connectivity index (χ4v) is 6.77. The van der Waals surface area contributed by atoms with Gasteiger partial charge in [-0.2, -0.15) is 0 Å². The molecule has 34 heavy (non-hydrogen) atoms. The molecule has 174 valence electrons. The van der Waals surface area contributed by atoms with Crippen LogP contribution in [0.25, 0.3) is 0 Å². The van der Waals surface area contributed by atoms with Gasteiger partial charge in [-0.15, -0.1) is 22.7 Å². The quantitative estimate of drug-likeness (QED) is 0.633. The number of fused-ring (bicyclic) bond motifs is 2. The van der Waals surface area contributed by atoms with Crippen LogP contribution in [0, 0.1) is 13.8 Å². The highest BCUT2D eigenvalue weighted by atomic mass is 32.1. The van der Waals surface area contributed by atoms with Gasteiger partial charge in [0.2, 0.25) is 23.1 Å². The highest BCUT2D eigenvalue weighted by Gasteiger charge is 2.46. The highest BCUT2D eigenvalue weighted by Crippen LogP contribution is 2.38. The molecule has 2 aromatic rings. The van der Waals surface area contributed by atoms with Crippen LogP contribution in [0.15, 0.2) is 23.5 Å². The Hall–Kier alpha value is -3.02. The van der Waals surface area contributed by atoms with Gasteiger partial charge in [0.15, 0.2) is 0 Å². The lowest BCUT2D eigenvalue weighted by molar-refractivity contribution is -0.0902. The second kappa shape index (κ2) is 7.49. The van der Waals surface area contributed by atoms with Crippen molar-refractivity contribution in [3.63, 3.8) is 0 Å². The summed E-state index contributed by atoms with van der Waals surface area (Å²) in [7, 11) is 1.96. The van der Waals surface area contributed by atoms with E-state index in [4.69, 9.17) is 0 Å². The molecule has 2 atom stereocenters. The van der Waals surface area contributed by atoms with E-state index in [1.807, 2.05) is 16.8 Å². The smallest absolute Gasteiger partial charge is 0.221 e. The zero-order valence-corrected chi connectivity index (χ0v) is 20.5. The summed E-state index contributed by atoms with van der Waals surface area (Å²) in [6, 6.07) is 0. The molecule has 6 rings (SSSR count). The van der Waals surface area contributed by atoms with Crippen LogP contribution in [0.4, 0.5) is 0 Å². The second-order valence-corrected chi connectivity index (χ2v) is 11.3. The van der Waals surface area contributed by atoms with Gasteiger partial charge < -0.3 is 9.80 Å². The summed E-state index contributed by atoms with van der Waals surface area (Å²) in [6.07, 6.45) is 4.31. The second-order valence-electron chi connectivity index (χ2n) is 8.86. The van der Waals surface area contributed by atoms with E-state index in [-0.39, 0.29) is 46.9 Å². The van der Waals surface area contributed by atoms with Gasteiger partial charge in [-0.3, -0.25) is 24.1 Å². The molecule has 2 aliphatic heterocycles. The average molecular weight is 496 g/mol. The van der Waals surface area contributed by atoms with Gasteiger partial charge >= 0.3 is 0 Å². The number of ketones is 4. The molecule has 0 amide bonds. The fourth-order valence-electron chi connectivity index (χ4n) is 5.03. The van der Waals surface area contributed by atoms with Crippen LogP contribution in [-0.4, -0.2) is 80.3 Å². The maximum Gasteiger partial charge on any atom is 0.221 e. The number of aryl methyl sites for hydroxylation is 2. The van der Waals surface area contributed by atoms with Crippen molar-refractivity contribution in [3.05, 3.63) is 54.7 Å². The number of allylic oxidation sites excluding steroid dienone is 4. The Balaban J connectivity index is 1.22. The van der Waals surface area contributed by atoms with Crippen molar-refractivity contribution in [2.24, 2.45) is 0 Å². The highest BCUT2D eigenvalue weighted by molar-refractivity contribution is 7.14. The number of likely N-dealkylation sites (tertiary alicyclic amines) is 2. The van der Waals surface area contributed by atoms with Gasteiger partial charge in [0.05, 0.1) is 33.7 Å². The Labute approximate surface area is 203 Å². The minimum absolute atomic E-state index is 0.0810. The normalized spacial score (nSPS) is 24.0. The van der Waals surface area contributed by atoms with Gasteiger partial charge in [0.1, 0.15) is 21.1 Å². The summed E-state index contributed by atoms with van der Waals surface area (Å²) >= 11 is 2.51. The van der Waals surface area contributed by atoms with E-state index in [1.54, 1.807) is 13.8 Å². The molecule has 2 aromatic heterocycles. The first-order valence-electron chi connectivity index (χ1n) is 11.1. The van der Waals surface area contributed by atoms with Crippen LogP contribution < -0.4 is 0 Å². The van der Waals surface area contributed by atoms with E-state index < -0.39 is 0 Å². The van der Waals surface area contributed by atoms with E-state index in [0.717, 1.165) is 12.8 Å². The van der Waals surface area contributed by atoms with Crippen molar-refractivity contribution in [2.45, 2.75) is 39.0 Å². The maximum absolute atomic E-state index is 13.1. The summed E-state index contributed by atoms with van der Waals surface area (Å²) in [6.45, 7) is 4.92. The molecule has 0 aromatic carbocycles. The predicted molar refractivity (Wildman–Crippen MR) is 125 cm³/mol. The molecule has 4 aliphatic rings. The number of aromatic nitrogens is 2. The van der Waals surface area contributed by atoms with E-state index >= 15 is 0 Å². The van der Waals surface area contributed by atoms with Crippen LogP contribution in [-0.2, 0) is 0 Å². The summed E-state index contributed by atoms with van der Waals surface area (Å²) < 4.78 is 0. The molecule has 2 fully saturated rings. The monoisotopic (exact) mass is 495 g/mol. The van der Waals surface area contributed by atoms with E-state index in [1.165, 1.54) is 34.8 Å². The van der Waals surface area contributed by atoms with Crippen LogP contribution >= 0.6 is 22.7 Å². The summed E-state index contributed by atoms with van der Waals surface area (Å²) in [5.41, 5.74) is 1.31. The Kier molecular flexibility index (Phi) is 4.74. The Morgan fingerprint density at radius 3 is 1.56 bits per heavy atom. The number of rotatable bonds is 4. The molecule has 0 saturated carbocycles. The van der Waals surface area contributed by atoms with Crippen LogP contribution in [0.5, 0.6) is 0 Å². The lowest BCUT2D eigenvalue weighted by atomic mass is 9.96. The molecule has 4 heterocycles. The number of nitrogens with zero attached hydrogens (tertiary/aromatic N) is 5. The Morgan fingerprint density at radius 1 is 0.794 bits per heavy atom. The average Bonchev–Trinajstić information content (AvgIpc) is 3.31. The van der Waals surface area contributed by atoms with Crippen LogP contribution in [0.3, 0.4) is 0 Å². The molecule has 11 heteroatoms. The third kappa shape index (κ3) is 3.00. The summed E-state index contributed by atoms with van der Waals surface area (Å²) in [5, 5.41) is 1.39. The largest absolute Gasteiger partial charge is 0.352 e. The first kappa shape index (κ1) is 21.5. The third-order valence-electron chi connectivity index (χ3n) is 6.88. The minimum Gasteiger partial charge on any atom is -0.352 e. The standard InChI is InChI=1S/C23H21N5O4S2/c1-10-24-18-14(29)8-12(20(31)22(18)33-10)27-6-4-16(27)26(3)17-5-7-28(17)13-9-15(30)19-23(21(13)32)34-11(2)25-19/h8-9,16-17H,4-7H2,1-3H3. The SMILES string of the molecule is Cc1nc2c(s1)C(=O)C(N1CCC1N(C)C1CCN1C1=CC(=O)c3nc(C)sc3C1=O)=CC2=O. The first-order chi connectivity index (χ1) is 16.2. The molecule has 0 N–H and O–H groups in total. The topological polar surface area (TPSA) is 104 Å². The molecular weight excluding hydrogens is 474 g/mol. The number of carbonyl (C=O) groups excluding carboxylic acids is 4. The fraction of sp³-hybridized carbons (Fsp3) is 0.391. The zero-order chi connectivity index (χ0) is 23.9. The van der Waals surface area contributed by atoms with Gasteiger partial charge in [-0.05, 0) is 33.7 Å². The first-order valence-corrected chi connectivity index (χ1v) is 12.7. The van der Waals surface area contributed by atoms with Crippen molar-refractivity contribution < 1.29 is 19.2 Å². The van der Waals surface area contributed by atoms with Crippen molar-refractivity contribution in [3.8, 4) is 0 Å². The zero-order valence-electron chi connectivity index (χ0n) is 18.8. The van der Waals surface area contributed by atoms with Crippen LogP contribution in [0.1, 0.15) is 63.2 Å². The minimum atomic E-state index is -0.236. The number of hydrogen-bond acceptors (Lipinski definition) is 11. The number of thiazole rings is 2. The Morgan fingerprint density at radius 2 is 1.21 bits per heavy atom. The van der Waals surface area contributed by atoms with E-state index in [2.05, 4.69) is 14.9 Å². The molecule has 2 unspecified atom stereocenters. The number of carbonyl (C=O) groups is 4. The van der Waals surface area contributed by atoms with Crippen molar-refractivity contribution in [2.75, 3.05) is 20.1 Å². The van der Waals surface area contributed by atoms with Crippen molar-refractivity contribution in [1.82, 2.24) is 24.7 Å². The molecule has 9 nitrogen and oxygen atoms in total. The van der Waals surface area contributed by atoms with Crippen molar-refractivity contribution >= 4 is 45.8 Å². The lowest BCUT2D eigenvalue weighted by Crippen LogP contribution is -2.66. The van der Waals surface area contributed by atoms with Gasteiger partial charge in [0, 0.05) is 25.2 Å². The van der Waals surface area contributed by atoms with Gasteiger partial charge in [-0.1, -0.05) is 0 Å². The molecule has 0 bridgehead atoms. The van der Waals surface area contributed by atoms with E-state index in [9.17, 15) is 19.2 Å². The summed E-state index contributed by atoms with van der Waals surface area (Å²) in [5.74, 6) is -0.792. The molecule has 2 aliphatic carbocycles. The maximum atomic E-state index is 13.1. The number of hydrogen-bond donors (Lipinski definition) is 0. The molecule has 0 radical (unpaired) electrons. The molecule has 0 spiro atoms. The predicted octanol–water partition coefficient (Wildman–Crippen LogP) is 2.44. The Bertz CT molecular complexity index is 1270. The molecule has 2 saturated heterocycles. The van der Waals surface area contributed by atoms with E-state index in [0.29, 0.717) is 44.3 Å². The third-order valence-corrected chi connectivity index (χ3v) is 8.82. The van der Waals surface area contributed by atoms with Gasteiger partial charge in [0.25, 0.3) is 0 Å². The van der Waals surface area contributed by atoms with Crippen molar-refractivity contribution in [1.29, 1.82) is 0 Å². The number of Topliss-reactive ketones (excluding diaryl/α,β-unsaturated/α-hetero) is 2. The molecular formula is C23H21N5O4S2. The summed E-state index contributed by atoms with van der Waals surface area (Å²) in [4.78, 5) is 66.7. The van der Waals surface area contributed by atoms with Crippen LogP contribution in [0.2, 0.25) is 0 Å².